The van der Waals surface area contributed by atoms with Crippen LogP contribution in [0, 0.1) is 5.92 Å². The van der Waals surface area contributed by atoms with Crippen LogP contribution < -0.4 is 0 Å². The van der Waals surface area contributed by atoms with E-state index in [4.69, 9.17) is 4.74 Å². The second-order valence-corrected chi connectivity index (χ2v) is 3.85. The molecule has 2 nitrogen and oxygen atoms in total. The summed E-state index contributed by atoms with van der Waals surface area (Å²) in [5.74, 6) is 0.951. The van der Waals surface area contributed by atoms with Crippen molar-refractivity contribution in [3.05, 3.63) is 0 Å². The highest BCUT2D eigenvalue weighted by molar-refractivity contribution is 4.84. The van der Waals surface area contributed by atoms with Crippen molar-refractivity contribution in [2.75, 3.05) is 26.8 Å². The van der Waals surface area contributed by atoms with E-state index in [0.717, 1.165) is 25.1 Å². The first-order chi connectivity index (χ1) is 5.77. The molecular weight excluding hydrogens is 150 g/mol. The van der Waals surface area contributed by atoms with Gasteiger partial charge in [0.1, 0.15) is 0 Å². The fourth-order valence-electron chi connectivity index (χ4n) is 1.97. The Hall–Kier alpha value is -0.0800. The second-order valence-electron chi connectivity index (χ2n) is 3.85. The van der Waals surface area contributed by atoms with E-state index in [1.165, 1.54) is 19.4 Å². The summed E-state index contributed by atoms with van der Waals surface area (Å²) in [4.78, 5) is 2.53. The Labute approximate surface area is 75.9 Å². The molecule has 0 aromatic rings. The Morgan fingerprint density at radius 1 is 1.42 bits per heavy atom. The first-order valence-corrected chi connectivity index (χ1v) is 5.01. The van der Waals surface area contributed by atoms with Gasteiger partial charge in [0, 0.05) is 19.7 Å². The van der Waals surface area contributed by atoms with Gasteiger partial charge in [-0.15, -0.1) is 0 Å². The highest BCUT2D eigenvalue weighted by Crippen LogP contribution is 2.30. The van der Waals surface area contributed by atoms with Crippen molar-refractivity contribution >= 4 is 0 Å². The van der Waals surface area contributed by atoms with Crippen LogP contribution in [-0.2, 0) is 4.74 Å². The van der Waals surface area contributed by atoms with Crippen LogP contribution >= 0.6 is 0 Å². The molecule has 12 heavy (non-hydrogen) atoms. The van der Waals surface area contributed by atoms with E-state index in [1.54, 1.807) is 7.11 Å². The zero-order valence-electron chi connectivity index (χ0n) is 8.55. The number of hydrogen-bond acceptors (Lipinski definition) is 2. The van der Waals surface area contributed by atoms with Gasteiger partial charge in [0.15, 0.2) is 0 Å². The summed E-state index contributed by atoms with van der Waals surface area (Å²) >= 11 is 0. The zero-order chi connectivity index (χ0) is 8.97. The molecule has 0 aliphatic heterocycles. The van der Waals surface area contributed by atoms with Crippen LogP contribution in [0.15, 0.2) is 0 Å². The van der Waals surface area contributed by atoms with Crippen LogP contribution in [0.1, 0.15) is 26.7 Å². The molecule has 0 amide bonds. The summed E-state index contributed by atoms with van der Waals surface area (Å²) in [6.45, 7) is 7.71. The van der Waals surface area contributed by atoms with Crippen LogP contribution in [0.25, 0.3) is 0 Å². The van der Waals surface area contributed by atoms with Gasteiger partial charge in [-0.3, -0.25) is 4.90 Å². The molecule has 1 saturated carbocycles. The van der Waals surface area contributed by atoms with Crippen LogP contribution in [-0.4, -0.2) is 37.7 Å². The van der Waals surface area contributed by atoms with E-state index < -0.39 is 0 Å². The summed E-state index contributed by atoms with van der Waals surface area (Å²) in [5, 5.41) is 0. The lowest BCUT2D eigenvalue weighted by atomic mass is 9.81. The summed E-state index contributed by atoms with van der Waals surface area (Å²) in [7, 11) is 1.78. The Morgan fingerprint density at radius 3 is 2.50 bits per heavy atom. The smallest absolute Gasteiger partial charge is 0.0589 e. The van der Waals surface area contributed by atoms with E-state index in [-0.39, 0.29) is 0 Å². The molecule has 0 N–H and O–H groups in total. The molecule has 0 radical (unpaired) electrons. The molecule has 72 valence electrons. The fraction of sp³-hybridized carbons (Fsp3) is 1.00. The molecule has 0 unspecified atom stereocenters. The Kier molecular flexibility index (Phi) is 4.02. The summed E-state index contributed by atoms with van der Waals surface area (Å²) in [6.07, 6.45) is 2.77. The SMILES string of the molecule is CCN(CCOC)C1CC(C)C1. The van der Waals surface area contributed by atoms with E-state index >= 15 is 0 Å². The molecule has 0 atom stereocenters. The van der Waals surface area contributed by atoms with Gasteiger partial charge in [-0.2, -0.15) is 0 Å². The quantitative estimate of drug-likeness (QED) is 0.625. The molecule has 0 saturated heterocycles. The molecule has 1 aliphatic rings. The van der Waals surface area contributed by atoms with Gasteiger partial charge >= 0.3 is 0 Å². The van der Waals surface area contributed by atoms with Gasteiger partial charge in [0.25, 0.3) is 0 Å². The van der Waals surface area contributed by atoms with Crippen LogP contribution in [0.5, 0.6) is 0 Å². The first kappa shape index (κ1) is 10.0. The van der Waals surface area contributed by atoms with Gasteiger partial charge in [-0.25, -0.2) is 0 Å². The summed E-state index contributed by atoms with van der Waals surface area (Å²) in [5.41, 5.74) is 0. The number of nitrogens with zero attached hydrogens (tertiary/aromatic N) is 1. The highest BCUT2D eigenvalue weighted by atomic mass is 16.5. The third-order valence-corrected chi connectivity index (χ3v) is 2.85. The summed E-state index contributed by atoms with van der Waals surface area (Å²) < 4.78 is 5.08. The molecule has 1 rings (SSSR count). The average molecular weight is 171 g/mol. The molecule has 1 fully saturated rings. The van der Waals surface area contributed by atoms with Gasteiger partial charge in [0.2, 0.25) is 0 Å². The monoisotopic (exact) mass is 171 g/mol. The van der Waals surface area contributed by atoms with Crippen LogP contribution in [0.3, 0.4) is 0 Å². The van der Waals surface area contributed by atoms with Crippen molar-refractivity contribution in [2.24, 2.45) is 5.92 Å². The van der Waals surface area contributed by atoms with E-state index in [1.807, 2.05) is 0 Å². The predicted molar refractivity (Wildman–Crippen MR) is 51.3 cm³/mol. The number of ether oxygens (including phenoxy) is 1. The van der Waals surface area contributed by atoms with Crippen molar-refractivity contribution in [1.29, 1.82) is 0 Å². The fourth-order valence-corrected chi connectivity index (χ4v) is 1.97. The maximum Gasteiger partial charge on any atom is 0.0589 e. The van der Waals surface area contributed by atoms with E-state index in [2.05, 4.69) is 18.7 Å². The molecule has 0 bridgehead atoms. The number of rotatable bonds is 5. The zero-order valence-corrected chi connectivity index (χ0v) is 8.55. The largest absolute Gasteiger partial charge is 0.383 e. The van der Waals surface area contributed by atoms with E-state index in [0.29, 0.717) is 0 Å². The summed E-state index contributed by atoms with van der Waals surface area (Å²) in [6, 6.07) is 0.847. The number of hydrogen-bond donors (Lipinski definition) is 0. The minimum atomic E-state index is 0.847. The van der Waals surface area contributed by atoms with Gasteiger partial charge < -0.3 is 4.74 Å². The lowest BCUT2D eigenvalue weighted by Gasteiger charge is -2.41. The van der Waals surface area contributed by atoms with E-state index in [9.17, 15) is 0 Å². The van der Waals surface area contributed by atoms with Crippen molar-refractivity contribution in [3.8, 4) is 0 Å². The van der Waals surface area contributed by atoms with Crippen LogP contribution in [0.2, 0.25) is 0 Å². The Bertz CT molecular complexity index is 121. The van der Waals surface area contributed by atoms with Gasteiger partial charge in [-0.05, 0) is 25.3 Å². The topological polar surface area (TPSA) is 12.5 Å². The average Bonchev–Trinajstić information content (AvgIpc) is 2.02. The number of likely N-dealkylation sites (N-methyl/N-ethyl adjacent to an activating group) is 1. The molecule has 2 heteroatoms. The minimum absolute atomic E-state index is 0.847. The lowest BCUT2D eigenvalue weighted by Crippen LogP contribution is -2.45. The van der Waals surface area contributed by atoms with Crippen molar-refractivity contribution in [1.82, 2.24) is 4.90 Å². The molecule has 0 aromatic heterocycles. The van der Waals surface area contributed by atoms with Crippen molar-refractivity contribution < 1.29 is 4.74 Å². The third kappa shape index (κ3) is 2.46. The first-order valence-electron chi connectivity index (χ1n) is 5.01. The molecule has 1 aliphatic carbocycles. The van der Waals surface area contributed by atoms with Gasteiger partial charge in [-0.1, -0.05) is 13.8 Å². The molecule has 0 spiro atoms. The third-order valence-electron chi connectivity index (χ3n) is 2.85. The highest BCUT2D eigenvalue weighted by Gasteiger charge is 2.29. The van der Waals surface area contributed by atoms with Crippen molar-refractivity contribution in [3.63, 3.8) is 0 Å². The Balaban J connectivity index is 2.16. The normalized spacial score (nSPS) is 29.0. The van der Waals surface area contributed by atoms with Crippen LogP contribution in [0.4, 0.5) is 0 Å². The van der Waals surface area contributed by atoms with Crippen molar-refractivity contribution in [2.45, 2.75) is 32.7 Å². The van der Waals surface area contributed by atoms with Gasteiger partial charge in [0.05, 0.1) is 6.61 Å². The molecule has 0 heterocycles. The maximum atomic E-state index is 5.08. The molecule has 0 aromatic carbocycles. The maximum absolute atomic E-state index is 5.08. The lowest BCUT2D eigenvalue weighted by molar-refractivity contribution is 0.0628. The Morgan fingerprint density at radius 2 is 2.08 bits per heavy atom. The predicted octanol–water partition coefficient (Wildman–Crippen LogP) is 1.75. The number of methoxy groups -OCH3 is 1. The standard InChI is InChI=1S/C10H21NO/c1-4-11(5-6-12-3)10-7-9(2)8-10/h9-10H,4-8H2,1-3H3. The minimum Gasteiger partial charge on any atom is -0.383 e. The molecular formula is C10H21NO. The second kappa shape index (κ2) is 4.83.